The minimum Gasteiger partial charge on any atom is -0.353 e. The first kappa shape index (κ1) is 14.1. The molecule has 1 N–H and O–H groups in total. The van der Waals surface area contributed by atoms with Crippen LogP contribution in [0.1, 0.15) is 49.8 Å². The van der Waals surface area contributed by atoms with Crippen LogP contribution < -0.4 is 5.32 Å². The number of piperidine rings is 1. The van der Waals surface area contributed by atoms with Gasteiger partial charge in [-0.3, -0.25) is 9.59 Å². The maximum Gasteiger partial charge on any atom is 0.223 e. The van der Waals surface area contributed by atoms with Crippen LogP contribution in [0, 0.1) is 6.92 Å². The van der Waals surface area contributed by atoms with E-state index in [1.165, 1.54) is 11.1 Å². The molecule has 112 valence electrons. The molecule has 0 bridgehead atoms. The molecule has 4 nitrogen and oxygen atoms in total. The summed E-state index contributed by atoms with van der Waals surface area (Å²) in [6.07, 6.45) is 3.25. The lowest BCUT2D eigenvalue weighted by Crippen LogP contribution is -2.49. The van der Waals surface area contributed by atoms with Crippen LogP contribution in [0.25, 0.3) is 0 Å². The minimum absolute atomic E-state index is 0.0143. The molecule has 3 rings (SSSR count). The van der Waals surface area contributed by atoms with E-state index in [0.29, 0.717) is 6.42 Å². The predicted molar refractivity (Wildman–Crippen MR) is 80.6 cm³/mol. The number of rotatable bonds is 2. The van der Waals surface area contributed by atoms with Crippen molar-refractivity contribution in [2.24, 2.45) is 0 Å². The van der Waals surface area contributed by atoms with Crippen LogP contribution in [0.3, 0.4) is 0 Å². The molecule has 2 aliphatic rings. The summed E-state index contributed by atoms with van der Waals surface area (Å²) in [4.78, 5) is 25.6. The Bertz CT molecular complexity index is 552. The molecule has 3 atom stereocenters. The van der Waals surface area contributed by atoms with Crippen molar-refractivity contribution in [3.05, 3.63) is 35.4 Å². The van der Waals surface area contributed by atoms with E-state index in [1.54, 1.807) is 6.92 Å². The van der Waals surface area contributed by atoms with E-state index in [0.717, 1.165) is 19.3 Å². The van der Waals surface area contributed by atoms with E-state index < -0.39 is 0 Å². The lowest BCUT2D eigenvalue weighted by Gasteiger charge is -2.42. The normalized spacial score (nSPS) is 28.4. The molecule has 2 heterocycles. The smallest absolute Gasteiger partial charge is 0.223 e. The number of hydrogen-bond acceptors (Lipinski definition) is 2. The Morgan fingerprint density at radius 3 is 2.62 bits per heavy atom. The summed E-state index contributed by atoms with van der Waals surface area (Å²) >= 11 is 0. The zero-order valence-electron chi connectivity index (χ0n) is 12.6. The maximum absolute atomic E-state index is 12.2. The lowest BCUT2D eigenvalue weighted by molar-refractivity contribution is -0.133. The molecule has 0 aromatic heterocycles. The van der Waals surface area contributed by atoms with Gasteiger partial charge in [0, 0.05) is 25.4 Å². The van der Waals surface area contributed by atoms with Crippen molar-refractivity contribution < 1.29 is 9.59 Å². The summed E-state index contributed by atoms with van der Waals surface area (Å²) in [6, 6.07) is 8.93. The zero-order chi connectivity index (χ0) is 15.0. The fraction of sp³-hybridized carbons (Fsp3) is 0.529. The highest BCUT2D eigenvalue weighted by Crippen LogP contribution is 2.40. The van der Waals surface area contributed by atoms with Crippen LogP contribution in [0.4, 0.5) is 0 Å². The van der Waals surface area contributed by atoms with E-state index in [4.69, 9.17) is 0 Å². The van der Waals surface area contributed by atoms with Gasteiger partial charge in [-0.05, 0) is 31.7 Å². The number of nitrogens with zero attached hydrogens (tertiary/aromatic N) is 1. The monoisotopic (exact) mass is 286 g/mol. The fourth-order valence-electron chi connectivity index (χ4n) is 3.72. The van der Waals surface area contributed by atoms with Crippen molar-refractivity contribution in [3.63, 3.8) is 0 Å². The average molecular weight is 286 g/mol. The van der Waals surface area contributed by atoms with E-state index in [9.17, 15) is 9.59 Å². The van der Waals surface area contributed by atoms with E-state index in [-0.39, 0.29) is 29.9 Å². The van der Waals surface area contributed by atoms with Crippen molar-refractivity contribution in [3.8, 4) is 0 Å². The molecule has 0 radical (unpaired) electrons. The first-order chi connectivity index (χ1) is 10.0. The summed E-state index contributed by atoms with van der Waals surface area (Å²) in [5, 5.41) is 3.04. The second kappa shape index (κ2) is 5.51. The highest BCUT2D eigenvalue weighted by atomic mass is 16.2. The number of nitrogens with one attached hydrogen (secondary N) is 1. The van der Waals surface area contributed by atoms with Crippen molar-refractivity contribution in [1.82, 2.24) is 10.2 Å². The number of fused-ring (bicyclic) bond motifs is 1. The minimum atomic E-state index is 0.0143. The number of carbonyl (C=O) groups is 2. The molecule has 4 heteroatoms. The molecule has 21 heavy (non-hydrogen) atoms. The van der Waals surface area contributed by atoms with E-state index in [2.05, 4.69) is 41.4 Å². The number of carbonyl (C=O) groups excluding carboxylic acids is 2. The quantitative estimate of drug-likeness (QED) is 0.907. The largest absolute Gasteiger partial charge is 0.353 e. The molecule has 0 spiro atoms. The van der Waals surface area contributed by atoms with Gasteiger partial charge >= 0.3 is 0 Å². The van der Waals surface area contributed by atoms with Gasteiger partial charge in [0.15, 0.2) is 0 Å². The highest BCUT2D eigenvalue weighted by Gasteiger charge is 2.42. The van der Waals surface area contributed by atoms with Crippen molar-refractivity contribution in [2.75, 3.05) is 0 Å². The second-order valence-electron chi connectivity index (χ2n) is 6.29. The van der Waals surface area contributed by atoms with E-state index >= 15 is 0 Å². The Labute approximate surface area is 125 Å². The molecule has 0 aliphatic carbocycles. The first-order valence-corrected chi connectivity index (χ1v) is 7.69. The summed E-state index contributed by atoms with van der Waals surface area (Å²) in [7, 11) is 0. The van der Waals surface area contributed by atoms with Crippen molar-refractivity contribution in [1.29, 1.82) is 0 Å². The van der Waals surface area contributed by atoms with Crippen LogP contribution in [-0.2, 0) is 9.59 Å². The molecule has 3 unspecified atom stereocenters. The second-order valence-corrected chi connectivity index (χ2v) is 6.29. The summed E-state index contributed by atoms with van der Waals surface area (Å²) in [5.41, 5.74) is 2.40. The van der Waals surface area contributed by atoms with Gasteiger partial charge in [-0.1, -0.05) is 29.8 Å². The number of hydrogen-bond donors (Lipinski definition) is 1. The Morgan fingerprint density at radius 1 is 1.24 bits per heavy atom. The third-order valence-corrected chi connectivity index (χ3v) is 4.64. The molecule has 1 aromatic rings. The topological polar surface area (TPSA) is 49.4 Å². The lowest BCUT2D eigenvalue weighted by atomic mass is 9.88. The Balaban J connectivity index is 1.88. The SMILES string of the molecule is CC(=O)NC1CC2CCC(=O)N2C(c2ccc(C)cc2)C1. The Kier molecular flexibility index (Phi) is 3.70. The van der Waals surface area contributed by atoms with Crippen molar-refractivity contribution in [2.45, 2.75) is 57.7 Å². The standard InChI is InChI=1S/C17H22N2O2/c1-11-3-5-13(6-4-11)16-10-14(18-12(2)20)9-15-7-8-17(21)19(15)16/h3-6,14-16H,7-10H2,1-2H3,(H,18,20). The summed E-state index contributed by atoms with van der Waals surface area (Å²) < 4.78 is 0. The fourth-order valence-corrected chi connectivity index (χ4v) is 3.72. The van der Waals surface area contributed by atoms with Crippen LogP contribution >= 0.6 is 0 Å². The Hall–Kier alpha value is -1.84. The van der Waals surface area contributed by atoms with Crippen LogP contribution in [0.15, 0.2) is 24.3 Å². The van der Waals surface area contributed by atoms with Gasteiger partial charge in [-0.15, -0.1) is 0 Å². The molecule has 2 fully saturated rings. The molecule has 2 saturated heterocycles. The van der Waals surface area contributed by atoms with Crippen molar-refractivity contribution >= 4 is 11.8 Å². The van der Waals surface area contributed by atoms with Gasteiger partial charge in [0.25, 0.3) is 0 Å². The van der Waals surface area contributed by atoms with Gasteiger partial charge in [-0.25, -0.2) is 0 Å². The van der Waals surface area contributed by atoms with Crippen LogP contribution in [0.5, 0.6) is 0 Å². The zero-order valence-corrected chi connectivity index (χ0v) is 12.6. The Morgan fingerprint density at radius 2 is 1.95 bits per heavy atom. The first-order valence-electron chi connectivity index (χ1n) is 7.69. The molecule has 0 saturated carbocycles. The van der Waals surface area contributed by atoms with E-state index in [1.807, 2.05) is 0 Å². The molecular weight excluding hydrogens is 264 g/mol. The summed E-state index contributed by atoms with van der Waals surface area (Å²) in [5.74, 6) is 0.271. The number of aryl methyl sites for hydroxylation is 1. The van der Waals surface area contributed by atoms with Crippen LogP contribution in [-0.4, -0.2) is 28.8 Å². The third kappa shape index (κ3) is 2.80. The number of amides is 2. The van der Waals surface area contributed by atoms with Gasteiger partial charge in [0.1, 0.15) is 0 Å². The molecular formula is C17H22N2O2. The van der Waals surface area contributed by atoms with Gasteiger partial charge in [-0.2, -0.15) is 0 Å². The van der Waals surface area contributed by atoms with Gasteiger partial charge in [0.05, 0.1) is 6.04 Å². The maximum atomic E-state index is 12.2. The molecule has 2 aliphatic heterocycles. The van der Waals surface area contributed by atoms with Crippen LogP contribution in [0.2, 0.25) is 0 Å². The third-order valence-electron chi connectivity index (χ3n) is 4.64. The van der Waals surface area contributed by atoms with Gasteiger partial charge in [0.2, 0.25) is 11.8 Å². The average Bonchev–Trinajstić information content (AvgIpc) is 2.80. The highest BCUT2D eigenvalue weighted by molar-refractivity contribution is 5.79. The predicted octanol–water partition coefficient (Wildman–Crippen LogP) is 2.33. The molecule has 2 amide bonds. The number of benzene rings is 1. The summed E-state index contributed by atoms with van der Waals surface area (Å²) in [6.45, 7) is 3.63. The van der Waals surface area contributed by atoms with Gasteiger partial charge < -0.3 is 10.2 Å². The molecule has 1 aromatic carbocycles.